The molecule has 0 aliphatic heterocycles. The molecule has 2 heterocycles. The van der Waals surface area contributed by atoms with E-state index in [9.17, 15) is 0 Å². The Morgan fingerprint density at radius 1 is 0.958 bits per heavy atom. The molecule has 0 aliphatic carbocycles. The van der Waals surface area contributed by atoms with E-state index in [1.807, 2.05) is 36.4 Å². The van der Waals surface area contributed by atoms with E-state index in [1.54, 1.807) is 12.4 Å². The summed E-state index contributed by atoms with van der Waals surface area (Å²) in [6.45, 7) is 5.29. The van der Waals surface area contributed by atoms with Crippen LogP contribution in [0.2, 0.25) is 0 Å². The largest absolute Gasteiger partial charge is 0.370 e. The van der Waals surface area contributed by atoms with Gasteiger partial charge in [0.25, 0.3) is 0 Å². The monoisotopic (exact) mass is 326 g/mol. The van der Waals surface area contributed by atoms with E-state index in [1.165, 1.54) is 0 Å². The molecule has 0 radical (unpaired) electrons. The van der Waals surface area contributed by atoms with Crippen LogP contribution in [0.4, 0.5) is 5.82 Å². The van der Waals surface area contributed by atoms with Crippen molar-refractivity contribution in [2.75, 3.05) is 25.0 Å². The van der Waals surface area contributed by atoms with Crippen molar-refractivity contribution < 1.29 is 0 Å². The highest BCUT2D eigenvalue weighted by Gasteiger charge is 1.98. The van der Waals surface area contributed by atoms with Gasteiger partial charge in [0.15, 0.2) is 5.96 Å². The van der Waals surface area contributed by atoms with Gasteiger partial charge in [0.05, 0.1) is 12.2 Å². The topological polar surface area (TPSA) is 74.2 Å². The Kier molecular flexibility index (Phi) is 8.11. The molecule has 0 spiro atoms. The molecule has 0 atom stereocenters. The smallest absolute Gasteiger partial charge is 0.191 e. The summed E-state index contributed by atoms with van der Waals surface area (Å²) in [5.41, 5.74) is 0.967. The summed E-state index contributed by atoms with van der Waals surface area (Å²) in [4.78, 5) is 13.1. The number of aliphatic imine (C=N–C) groups is 1. The van der Waals surface area contributed by atoms with Crippen LogP contribution in [-0.2, 0) is 6.54 Å². The van der Waals surface area contributed by atoms with E-state index >= 15 is 0 Å². The van der Waals surface area contributed by atoms with Crippen molar-refractivity contribution in [3.63, 3.8) is 0 Å². The van der Waals surface area contributed by atoms with Gasteiger partial charge in [-0.25, -0.2) is 9.98 Å². The van der Waals surface area contributed by atoms with Crippen molar-refractivity contribution in [1.29, 1.82) is 0 Å². The second-order valence-corrected chi connectivity index (χ2v) is 5.29. The van der Waals surface area contributed by atoms with Gasteiger partial charge >= 0.3 is 0 Å². The molecular formula is C18H26N6. The van der Waals surface area contributed by atoms with Gasteiger partial charge in [0.2, 0.25) is 0 Å². The van der Waals surface area contributed by atoms with Gasteiger partial charge in [0, 0.05) is 32.0 Å². The Morgan fingerprint density at radius 2 is 1.75 bits per heavy atom. The lowest BCUT2D eigenvalue weighted by molar-refractivity contribution is 0.711. The van der Waals surface area contributed by atoms with Gasteiger partial charge in [-0.05, 0) is 44.0 Å². The Labute approximate surface area is 143 Å². The standard InChI is InChI=1S/C18H26N6/c1-2-19-18(24-15-16-9-3-5-11-20-16)23-14-8-7-13-22-17-10-4-6-12-21-17/h3-6,9-12H,2,7-8,13-15H2,1H3,(H,21,22)(H2,19,23,24). The molecule has 0 unspecified atom stereocenters. The Bertz CT molecular complexity index is 585. The molecule has 24 heavy (non-hydrogen) atoms. The molecule has 3 N–H and O–H groups in total. The minimum Gasteiger partial charge on any atom is -0.370 e. The number of rotatable bonds is 9. The van der Waals surface area contributed by atoms with Crippen LogP contribution in [0, 0.1) is 0 Å². The van der Waals surface area contributed by atoms with E-state index in [0.29, 0.717) is 6.54 Å². The Balaban J connectivity index is 1.64. The van der Waals surface area contributed by atoms with E-state index in [-0.39, 0.29) is 0 Å². The highest BCUT2D eigenvalue weighted by Crippen LogP contribution is 2.00. The molecule has 2 rings (SSSR count). The third kappa shape index (κ3) is 7.09. The predicted molar refractivity (Wildman–Crippen MR) is 99.0 cm³/mol. The fourth-order valence-electron chi connectivity index (χ4n) is 2.13. The number of hydrogen-bond donors (Lipinski definition) is 3. The van der Waals surface area contributed by atoms with Crippen molar-refractivity contribution in [2.45, 2.75) is 26.3 Å². The molecular weight excluding hydrogens is 300 g/mol. The lowest BCUT2D eigenvalue weighted by atomic mass is 10.3. The summed E-state index contributed by atoms with van der Waals surface area (Å²) in [5, 5.41) is 9.92. The first-order valence-electron chi connectivity index (χ1n) is 8.45. The molecule has 0 amide bonds. The van der Waals surface area contributed by atoms with Crippen LogP contribution in [0.25, 0.3) is 0 Å². The SMILES string of the molecule is CCNC(=NCc1ccccn1)NCCCCNc1ccccn1. The van der Waals surface area contributed by atoms with Gasteiger partial charge in [0.1, 0.15) is 5.82 Å². The second kappa shape index (κ2) is 11.0. The third-order valence-corrected chi connectivity index (χ3v) is 3.34. The summed E-state index contributed by atoms with van der Waals surface area (Å²) < 4.78 is 0. The van der Waals surface area contributed by atoms with E-state index < -0.39 is 0 Å². The summed E-state index contributed by atoms with van der Waals surface area (Å²) in [6.07, 6.45) is 5.72. The highest BCUT2D eigenvalue weighted by molar-refractivity contribution is 5.79. The van der Waals surface area contributed by atoms with Gasteiger partial charge in [-0.15, -0.1) is 0 Å². The molecule has 0 saturated heterocycles. The van der Waals surface area contributed by atoms with Gasteiger partial charge in [-0.2, -0.15) is 0 Å². The van der Waals surface area contributed by atoms with Gasteiger partial charge in [-0.1, -0.05) is 12.1 Å². The number of nitrogens with zero attached hydrogens (tertiary/aromatic N) is 3. The number of hydrogen-bond acceptors (Lipinski definition) is 4. The van der Waals surface area contributed by atoms with E-state index in [0.717, 1.165) is 49.9 Å². The molecule has 6 nitrogen and oxygen atoms in total. The number of unbranched alkanes of at least 4 members (excludes halogenated alkanes) is 1. The number of anilines is 1. The lowest BCUT2D eigenvalue weighted by Crippen LogP contribution is -2.37. The van der Waals surface area contributed by atoms with Crippen LogP contribution in [0.5, 0.6) is 0 Å². The zero-order valence-corrected chi connectivity index (χ0v) is 14.2. The van der Waals surface area contributed by atoms with Crippen LogP contribution in [0.3, 0.4) is 0 Å². The molecule has 128 valence electrons. The maximum absolute atomic E-state index is 4.56. The lowest BCUT2D eigenvalue weighted by Gasteiger charge is -2.11. The first kappa shape index (κ1) is 17.7. The fraction of sp³-hybridized carbons (Fsp3) is 0.389. The van der Waals surface area contributed by atoms with Crippen molar-refractivity contribution in [3.8, 4) is 0 Å². The molecule has 0 saturated carbocycles. The number of pyridine rings is 2. The van der Waals surface area contributed by atoms with Crippen LogP contribution in [0.1, 0.15) is 25.5 Å². The van der Waals surface area contributed by atoms with Crippen LogP contribution in [0.15, 0.2) is 53.8 Å². The van der Waals surface area contributed by atoms with Crippen molar-refractivity contribution in [1.82, 2.24) is 20.6 Å². The number of guanidine groups is 1. The van der Waals surface area contributed by atoms with E-state index in [2.05, 4.69) is 37.8 Å². The summed E-state index contributed by atoms with van der Waals surface area (Å²) in [5.74, 6) is 1.76. The second-order valence-electron chi connectivity index (χ2n) is 5.29. The molecule has 2 aromatic heterocycles. The summed E-state index contributed by atoms with van der Waals surface area (Å²) in [7, 11) is 0. The molecule has 6 heteroatoms. The summed E-state index contributed by atoms with van der Waals surface area (Å²) in [6, 6.07) is 11.8. The Hall–Kier alpha value is -2.63. The van der Waals surface area contributed by atoms with Crippen LogP contribution < -0.4 is 16.0 Å². The zero-order chi connectivity index (χ0) is 16.9. The number of nitrogens with one attached hydrogen (secondary N) is 3. The van der Waals surface area contributed by atoms with Crippen LogP contribution in [-0.4, -0.2) is 35.6 Å². The minimum atomic E-state index is 0.581. The third-order valence-electron chi connectivity index (χ3n) is 3.34. The summed E-state index contributed by atoms with van der Waals surface area (Å²) >= 11 is 0. The van der Waals surface area contributed by atoms with Gasteiger partial charge in [-0.3, -0.25) is 4.98 Å². The van der Waals surface area contributed by atoms with Crippen molar-refractivity contribution >= 4 is 11.8 Å². The quantitative estimate of drug-likeness (QED) is 0.375. The van der Waals surface area contributed by atoms with Crippen LogP contribution >= 0.6 is 0 Å². The van der Waals surface area contributed by atoms with Gasteiger partial charge < -0.3 is 16.0 Å². The first-order chi connectivity index (χ1) is 11.9. The predicted octanol–water partition coefficient (Wildman–Crippen LogP) is 2.42. The van der Waals surface area contributed by atoms with Crippen molar-refractivity contribution in [3.05, 3.63) is 54.5 Å². The first-order valence-corrected chi connectivity index (χ1v) is 8.45. The van der Waals surface area contributed by atoms with E-state index in [4.69, 9.17) is 0 Å². The molecule has 0 bridgehead atoms. The maximum atomic E-state index is 4.56. The minimum absolute atomic E-state index is 0.581. The molecule has 0 fully saturated rings. The average Bonchev–Trinajstić information content (AvgIpc) is 2.64. The van der Waals surface area contributed by atoms with Crippen molar-refractivity contribution in [2.24, 2.45) is 4.99 Å². The Morgan fingerprint density at radius 3 is 2.46 bits per heavy atom. The molecule has 0 aliphatic rings. The average molecular weight is 326 g/mol. The highest BCUT2D eigenvalue weighted by atomic mass is 15.2. The molecule has 0 aromatic carbocycles. The number of aromatic nitrogens is 2. The normalized spacial score (nSPS) is 11.1. The molecule has 2 aromatic rings. The fourth-order valence-corrected chi connectivity index (χ4v) is 2.13. The maximum Gasteiger partial charge on any atom is 0.191 e. The zero-order valence-electron chi connectivity index (χ0n) is 14.2.